The van der Waals surface area contributed by atoms with E-state index in [-0.39, 0.29) is 4.58 Å². The second-order valence-corrected chi connectivity index (χ2v) is 9.67. The first kappa shape index (κ1) is 25.4. The standard InChI is InChI=1S/C22H44OS2/c1-3-5-7-8-9-10-11-12-13-14-15-16-18-19-21(23)25-22(24)20-17-6-4-2/h22,24H,3-20H2,1-2H3. The molecule has 0 aromatic heterocycles. The molecule has 0 radical (unpaired) electrons. The zero-order chi connectivity index (χ0) is 18.6. The summed E-state index contributed by atoms with van der Waals surface area (Å²) in [5.41, 5.74) is 0. The molecule has 0 aromatic rings. The van der Waals surface area contributed by atoms with Gasteiger partial charge in [-0.25, -0.2) is 0 Å². The number of rotatable bonds is 19. The van der Waals surface area contributed by atoms with Crippen LogP contribution in [0.4, 0.5) is 0 Å². The van der Waals surface area contributed by atoms with Crippen molar-refractivity contribution < 1.29 is 4.79 Å². The number of thioether (sulfide) groups is 1. The zero-order valence-corrected chi connectivity index (χ0v) is 18.8. The first-order valence-corrected chi connectivity index (χ1v) is 12.5. The molecule has 0 amide bonds. The van der Waals surface area contributed by atoms with Gasteiger partial charge in [0.25, 0.3) is 0 Å². The van der Waals surface area contributed by atoms with Gasteiger partial charge in [0.05, 0.1) is 4.58 Å². The molecule has 1 nitrogen and oxygen atoms in total. The molecule has 3 heteroatoms. The number of hydrogen-bond donors (Lipinski definition) is 1. The van der Waals surface area contributed by atoms with E-state index in [1.807, 2.05) is 0 Å². The van der Waals surface area contributed by atoms with Crippen LogP contribution in [0.3, 0.4) is 0 Å². The van der Waals surface area contributed by atoms with Crippen molar-refractivity contribution in [2.75, 3.05) is 0 Å². The van der Waals surface area contributed by atoms with Crippen molar-refractivity contribution in [3.63, 3.8) is 0 Å². The minimum Gasteiger partial charge on any atom is -0.287 e. The van der Waals surface area contributed by atoms with Gasteiger partial charge in [-0.2, -0.15) is 12.6 Å². The minimum absolute atomic E-state index is 0.209. The van der Waals surface area contributed by atoms with Gasteiger partial charge in [-0.3, -0.25) is 4.79 Å². The number of hydrogen-bond acceptors (Lipinski definition) is 3. The lowest BCUT2D eigenvalue weighted by Gasteiger charge is -2.08. The van der Waals surface area contributed by atoms with Gasteiger partial charge in [-0.05, 0) is 12.8 Å². The van der Waals surface area contributed by atoms with E-state index in [1.165, 1.54) is 108 Å². The Labute approximate surface area is 168 Å². The molecule has 0 fully saturated rings. The molecule has 150 valence electrons. The minimum atomic E-state index is 0.209. The molecular formula is C22H44OS2. The highest BCUT2D eigenvalue weighted by atomic mass is 32.2. The van der Waals surface area contributed by atoms with Crippen LogP contribution in [0.15, 0.2) is 0 Å². The Morgan fingerprint density at radius 2 is 1.08 bits per heavy atom. The molecule has 0 saturated carbocycles. The molecule has 0 aliphatic carbocycles. The Hall–Kier alpha value is 0.370. The summed E-state index contributed by atoms with van der Waals surface area (Å²) in [5.74, 6) is 0. The van der Waals surface area contributed by atoms with Crippen molar-refractivity contribution in [2.45, 2.75) is 134 Å². The number of thiol groups is 1. The van der Waals surface area contributed by atoms with Crippen molar-refractivity contribution in [3.8, 4) is 0 Å². The van der Waals surface area contributed by atoms with Gasteiger partial charge in [0.2, 0.25) is 0 Å². The van der Waals surface area contributed by atoms with E-state index in [0.717, 1.165) is 19.3 Å². The fourth-order valence-corrected chi connectivity index (χ4v) is 4.51. The van der Waals surface area contributed by atoms with Crippen molar-refractivity contribution in [2.24, 2.45) is 0 Å². The zero-order valence-electron chi connectivity index (χ0n) is 17.1. The molecule has 0 N–H and O–H groups in total. The van der Waals surface area contributed by atoms with Gasteiger partial charge >= 0.3 is 0 Å². The first-order chi connectivity index (χ1) is 12.2. The topological polar surface area (TPSA) is 17.1 Å². The van der Waals surface area contributed by atoms with E-state index < -0.39 is 0 Å². The Morgan fingerprint density at radius 1 is 0.680 bits per heavy atom. The Bertz CT molecular complexity index is 281. The SMILES string of the molecule is CCCCCCCCCCCCCCCC(=O)SC(S)CCCCC. The number of carbonyl (C=O) groups excluding carboxylic acids is 1. The molecule has 0 bridgehead atoms. The van der Waals surface area contributed by atoms with Gasteiger partial charge in [0, 0.05) is 6.42 Å². The van der Waals surface area contributed by atoms with Crippen LogP contribution < -0.4 is 0 Å². The Balaban J connectivity index is 3.23. The summed E-state index contributed by atoms with van der Waals surface area (Å²) in [6.45, 7) is 4.49. The fraction of sp³-hybridized carbons (Fsp3) is 0.955. The second kappa shape index (κ2) is 20.7. The summed E-state index contributed by atoms with van der Waals surface area (Å²) in [5, 5.41) is 0.347. The van der Waals surface area contributed by atoms with Crippen LogP contribution in [0.1, 0.15) is 129 Å². The quantitative estimate of drug-likeness (QED) is 0.135. The van der Waals surface area contributed by atoms with Crippen LogP contribution in [0.25, 0.3) is 0 Å². The molecule has 0 saturated heterocycles. The van der Waals surface area contributed by atoms with Crippen molar-refractivity contribution in [1.29, 1.82) is 0 Å². The second-order valence-electron chi connectivity index (χ2n) is 7.43. The smallest absolute Gasteiger partial charge is 0.190 e. The van der Waals surface area contributed by atoms with Crippen molar-refractivity contribution >= 4 is 29.5 Å². The van der Waals surface area contributed by atoms with E-state index in [2.05, 4.69) is 26.5 Å². The Kier molecular flexibility index (Phi) is 21.0. The molecule has 0 spiro atoms. The summed E-state index contributed by atoms with van der Waals surface area (Å²) in [6.07, 6.45) is 23.1. The van der Waals surface area contributed by atoms with Crippen LogP contribution >= 0.6 is 24.4 Å². The van der Waals surface area contributed by atoms with Crippen LogP contribution in [0.5, 0.6) is 0 Å². The van der Waals surface area contributed by atoms with Gasteiger partial charge in [-0.15, -0.1) is 0 Å². The molecule has 0 aromatic carbocycles. The van der Waals surface area contributed by atoms with Gasteiger partial charge < -0.3 is 0 Å². The van der Waals surface area contributed by atoms with Crippen molar-refractivity contribution in [3.05, 3.63) is 0 Å². The lowest BCUT2D eigenvalue weighted by atomic mass is 10.0. The molecule has 1 atom stereocenters. The maximum absolute atomic E-state index is 11.9. The lowest BCUT2D eigenvalue weighted by molar-refractivity contribution is -0.111. The largest absolute Gasteiger partial charge is 0.287 e. The van der Waals surface area contributed by atoms with Gasteiger partial charge in [0.15, 0.2) is 5.12 Å². The monoisotopic (exact) mass is 388 g/mol. The average molecular weight is 389 g/mol. The van der Waals surface area contributed by atoms with Gasteiger partial charge in [0.1, 0.15) is 0 Å². The summed E-state index contributed by atoms with van der Waals surface area (Å²) >= 11 is 5.99. The predicted octanol–water partition coefficient (Wildman–Crippen LogP) is 8.56. The molecule has 0 heterocycles. The van der Waals surface area contributed by atoms with Gasteiger partial charge in [-0.1, -0.05) is 122 Å². The third-order valence-electron chi connectivity index (χ3n) is 4.81. The summed E-state index contributed by atoms with van der Waals surface area (Å²) in [6, 6.07) is 0. The lowest BCUT2D eigenvalue weighted by Crippen LogP contribution is -2.00. The highest BCUT2D eigenvalue weighted by Crippen LogP contribution is 2.24. The highest BCUT2D eigenvalue weighted by molar-refractivity contribution is 8.20. The maximum atomic E-state index is 11.9. The third-order valence-corrected chi connectivity index (χ3v) is 6.36. The molecule has 0 aliphatic heterocycles. The first-order valence-electron chi connectivity index (χ1n) is 11.1. The van der Waals surface area contributed by atoms with Crippen LogP contribution in [-0.2, 0) is 4.79 Å². The van der Waals surface area contributed by atoms with Crippen LogP contribution in [0, 0.1) is 0 Å². The number of carbonyl (C=O) groups is 1. The van der Waals surface area contributed by atoms with E-state index in [1.54, 1.807) is 0 Å². The molecule has 1 unspecified atom stereocenters. The van der Waals surface area contributed by atoms with Crippen molar-refractivity contribution in [1.82, 2.24) is 0 Å². The molecule has 25 heavy (non-hydrogen) atoms. The summed E-state index contributed by atoms with van der Waals surface area (Å²) in [7, 11) is 0. The Morgan fingerprint density at radius 3 is 1.56 bits per heavy atom. The number of unbranched alkanes of at least 4 members (excludes halogenated alkanes) is 14. The van der Waals surface area contributed by atoms with Crippen LogP contribution in [-0.4, -0.2) is 9.70 Å². The van der Waals surface area contributed by atoms with E-state index in [4.69, 9.17) is 0 Å². The molecule has 0 rings (SSSR count). The third kappa shape index (κ3) is 20.5. The fourth-order valence-electron chi connectivity index (χ4n) is 3.13. The van der Waals surface area contributed by atoms with E-state index >= 15 is 0 Å². The predicted molar refractivity (Wildman–Crippen MR) is 120 cm³/mol. The summed E-state index contributed by atoms with van der Waals surface area (Å²) < 4.78 is 0.209. The van der Waals surface area contributed by atoms with E-state index in [9.17, 15) is 4.79 Å². The maximum Gasteiger partial charge on any atom is 0.190 e. The van der Waals surface area contributed by atoms with E-state index in [0.29, 0.717) is 5.12 Å². The molecule has 0 aliphatic rings. The normalized spacial score (nSPS) is 12.4. The molecular weight excluding hydrogens is 344 g/mol. The highest BCUT2D eigenvalue weighted by Gasteiger charge is 2.10. The van der Waals surface area contributed by atoms with Crippen LogP contribution in [0.2, 0.25) is 0 Å². The average Bonchev–Trinajstić information content (AvgIpc) is 2.59. The summed E-state index contributed by atoms with van der Waals surface area (Å²) in [4.78, 5) is 11.9.